The third kappa shape index (κ3) is 12.3. The number of piperidine rings is 2. The molecule has 4 aliphatic rings. The number of nitrogens with two attached hydrogens (primary N) is 1. The molecule has 4 atom stereocenters. The first-order valence-corrected chi connectivity index (χ1v) is 24.8. The average Bonchev–Trinajstić information content (AvgIpc) is 3.99. The second kappa shape index (κ2) is 22.8. The van der Waals surface area contributed by atoms with Crippen LogP contribution in [0.5, 0.6) is 35.3 Å². The third-order valence-electron chi connectivity index (χ3n) is 13.1. The first kappa shape index (κ1) is 48.3. The fourth-order valence-electron chi connectivity index (χ4n) is 9.88. The van der Waals surface area contributed by atoms with Gasteiger partial charge in [-0.2, -0.15) is 15.1 Å². The summed E-state index contributed by atoms with van der Waals surface area (Å²) in [7, 11) is 3.32. The minimum Gasteiger partial charge on any atom is -0.481 e. The van der Waals surface area contributed by atoms with E-state index in [-0.39, 0.29) is 0 Å². The number of fused-ring (bicyclic) bond motifs is 4. The van der Waals surface area contributed by atoms with Gasteiger partial charge in [-0.1, -0.05) is 49.2 Å². The Morgan fingerprint density at radius 1 is 0.642 bits per heavy atom. The number of benzene rings is 2. The van der Waals surface area contributed by atoms with Gasteiger partial charge in [0, 0.05) is 97.7 Å². The van der Waals surface area contributed by atoms with Crippen LogP contribution < -0.4 is 34.5 Å². The summed E-state index contributed by atoms with van der Waals surface area (Å²) in [6.45, 7) is 9.99. The van der Waals surface area contributed by atoms with E-state index in [4.69, 9.17) is 58.0 Å². The summed E-state index contributed by atoms with van der Waals surface area (Å²) < 4.78 is 26.3. The Hall–Kier alpha value is -5.16. The zero-order valence-corrected chi connectivity index (χ0v) is 41.7. The lowest BCUT2D eigenvalue weighted by Crippen LogP contribution is -2.48. The molecule has 0 spiro atoms. The lowest BCUT2D eigenvalue weighted by molar-refractivity contribution is 0.265. The fourth-order valence-corrected chi connectivity index (χ4v) is 10.6. The highest BCUT2D eigenvalue weighted by molar-refractivity contribution is 9.10. The Labute approximate surface area is 411 Å². The normalized spacial score (nSPS) is 21.5. The molecule has 6 heterocycles. The molecule has 2 saturated heterocycles. The van der Waals surface area contributed by atoms with Crippen molar-refractivity contribution >= 4 is 50.5 Å². The molecule has 4 aromatic heterocycles. The van der Waals surface area contributed by atoms with Crippen LogP contribution in [0.2, 0.25) is 10.0 Å². The molecule has 4 fully saturated rings. The number of methoxy groups -OCH3 is 2. The van der Waals surface area contributed by atoms with Gasteiger partial charge in [0.2, 0.25) is 16.5 Å². The summed E-state index contributed by atoms with van der Waals surface area (Å²) in [5.41, 5.74) is 8.62. The molecule has 15 nitrogen and oxygen atoms in total. The number of rotatable bonds is 14. The minimum absolute atomic E-state index is 0.412. The van der Waals surface area contributed by atoms with Gasteiger partial charge in [0.1, 0.15) is 11.5 Å². The summed E-state index contributed by atoms with van der Waals surface area (Å²) >= 11 is 15.2. The molecular weight excluding hydrogens is 957 g/mol. The molecule has 2 aliphatic heterocycles. The monoisotopic (exact) mass is 1020 g/mol. The number of hydrogen-bond acceptors (Lipinski definition) is 13. The molecule has 10 rings (SSSR count). The van der Waals surface area contributed by atoms with E-state index in [2.05, 4.69) is 71.8 Å². The minimum atomic E-state index is 0.412. The van der Waals surface area contributed by atoms with E-state index < -0.39 is 0 Å². The van der Waals surface area contributed by atoms with Gasteiger partial charge in [0.25, 0.3) is 0 Å². The Morgan fingerprint density at radius 2 is 1.12 bits per heavy atom. The smallest absolute Gasteiger partial charge is 0.321 e. The molecule has 2 aromatic carbocycles. The molecular formula is C49H60BrCl2N11O4. The Bertz CT molecular complexity index is 2520. The predicted molar refractivity (Wildman–Crippen MR) is 265 cm³/mol. The van der Waals surface area contributed by atoms with Crippen molar-refractivity contribution in [3.05, 3.63) is 106 Å². The molecule has 67 heavy (non-hydrogen) atoms. The highest BCUT2D eigenvalue weighted by Crippen LogP contribution is 2.45. The van der Waals surface area contributed by atoms with Crippen LogP contribution in [0.25, 0.3) is 0 Å². The van der Waals surface area contributed by atoms with E-state index in [1.165, 1.54) is 37.1 Å². The number of pyridine rings is 2. The number of aryl methyl sites for hydroxylation is 2. The van der Waals surface area contributed by atoms with Crippen molar-refractivity contribution in [1.82, 2.24) is 39.5 Å². The van der Waals surface area contributed by atoms with Crippen LogP contribution in [0.3, 0.4) is 0 Å². The zero-order chi connectivity index (χ0) is 46.9. The number of ether oxygens (including phenoxy) is 4. The van der Waals surface area contributed by atoms with E-state index >= 15 is 0 Å². The summed E-state index contributed by atoms with van der Waals surface area (Å²) in [6.07, 6.45) is 11.5. The van der Waals surface area contributed by atoms with Crippen molar-refractivity contribution in [2.45, 2.75) is 77.9 Å². The molecule has 4 unspecified atom stereocenters. The number of nitrogens with zero attached hydrogens (tertiary/aromatic N) is 10. The van der Waals surface area contributed by atoms with Crippen molar-refractivity contribution < 1.29 is 18.9 Å². The third-order valence-corrected chi connectivity index (χ3v) is 13.9. The van der Waals surface area contributed by atoms with E-state index in [1.54, 1.807) is 37.1 Å². The summed E-state index contributed by atoms with van der Waals surface area (Å²) in [5, 5.41) is 10.3. The molecule has 0 radical (unpaired) electrons. The molecule has 356 valence electrons. The van der Waals surface area contributed by atoms with Crippen molar-refractivity contribution in [3.63, 3.8) is 0 Å². The predicted octanol–water partition coefficient (Wildman–Crippen LogP) is 10.4. The molecule has 2 saturated carbocycles. The van der Waals surface area contributed by atoms with Crippen molar-refractivity contribution in [2.75, 3.05) is 50.2 Å². The standard InChI is InChI=1S/C25H30ClN5O2.C13H19N3O.C11H11BrClN3O/c1-3-11-31-25(33-21-6-4-5-19(26)12-21)28-23(29-31)14-22-17-7-8-18(22)16-30(15-17)20-9-10-27-24(13-20)32-2;1-17-12-6-11(4-5-15-12)16-7-9-2-3-10(8-16)13(9)14;1-2-6-16-11(14-10(12)15-16)17-9-5-3-4-8(13)7-9/h4-6,9-10,12-13,17-18,22H,3,7-8,11,14-16H2,1-2H3;4-6,9-10,13H,2-3,7-8,14H2,1H3;3-5,7H,2,6H2,1H3. The SMILES string of the molecule is CCCn1nc(Br)nc1Oc1cccc(Cl)c1.CCCn1nc(CC2C3CCC2CN(c2ccnc(OC)c2)C3)nc1Oc1cccc(Cl)c1.COc1cc(N2CC3CCC(C2)C3N)ccn1. The Balaban J connectivity index is 0.000000150. The van der Waals surface area contributed by atoms with Gasteiger partial charge in [-0.05, 0) is 133 Å². The molecule has 4 bridgehead atoms. The molecule has 2 aliphatic carbocycles. The molecule has 18 heteroatoms. The van der Waals surface area contributed by atoms with Crippen LogP contribution in [0.4, 0.5) is 11.4 Å². The topological polar surface area (TPSA) is 157 Å². The maximum Gasteiger partial charge on any atom is 0.321 e. The molecule has 6 aromatic rings. The number of aromatic nitrogens is 8. The Morgan fingerprint density at radius 3 is 1.61 bits per heavy atom. The van der Waals surface area contributed by atoms with Crippen molar-refractivity contribution in [1.29, 1.82) is 0 Å². The second-order valence-corrected chi connectivity index (χ2v) is 19.2. The maximum atomic E-state index is 6.22. The van der Waals surface area contributed by atoms with Crippen LogP contribution in [-0.4, -0.2) is 85.9 Å². The van der Waals surface area contributed by atoms with Crippen molar-refractivity contribution in [2.24, 2.45) is 35.3 Å². The van der Waals surface area contributed by atoms with Gasteiger partial charge in [-0.15, -0.1) is 5.10 Å². The van der Waals surface area contributed by atoms with E-state index in [1.807, 2.05) is 59.5 Å². The van der Waals surface area contributed by atoms with E-state index in [0.717, 1.165) is 64.4 Å². The van der Waals surface area contributed by atoms with Crippen LogP contribution in [0.15, 0.2) is 89.9 Å². The second-order valence-electron chi connectivity index (χ2n) is 17.6. The summed E-state index contributed by atoms with van der Waals surface area (Å²) in [6, 6.07) is 24.2. The summed E-state index contributed by atoms with van der Waals surface area (Å²) in [4.78, 5) is 22.3. The van der Waals surface area contributed by atoms with Crippen LogP contribution in [-0.2, 0) is 19.5 Å². The number of anilines is 2. The van der Waals surface area contributed by atoms with Gasteiger partial charge < -0.3 is 34.5 Å². The van der Waals surface area contributed by atoms with Gasteiger partial charge in [0.05, 0.1) is 14.2 Å². The molecule has 0 amide bonds. The van der Waals surface area contributed by atoms with Crippen molar-refractivity contribution in [3.8, 4) is 35.3 Å². The zero-order valence-electron chi connectivity index (χ0n) is 38.6. The first-order chi connectivity index (χ1) is 32.6. The number of hydrogen-bond donors (Lipinski definition) is 1. The van der Waals surface area contributed by atoms with Gasteiger partial charge >= 0.3 is 12.0 Å². The summed E-state index contributed by atoms with van der Waals surface area (Å²) in [5.74, 6) is 6.75. The average molecular weight is 1020 g/mol. The van der Waals surface area contributed by atoms with Gasteiger partial charge in [0.15, 0.2) is 5.82 Å². The fraction of sp³-hybridized carbons (Fsp3) is 0.469. The van der Waals surface area contributed by atoms with Gasteiger partial charge in [-0.25, -0.2) is 19.3 Å². The highest BCUT2D eigenvalue weighted by atomic mass is 79.9. The maximum absolute atomic E-state index is 6.22. The lowest BCUT2D eigenvalue weighted by atomic mass is 9.82. The number of halogens is 3. The Kier molecular flexibility index (Phi) is 16.4. The van der Waals surface area contributed by atoms with E-state index in [0.29, 0.717) is 85.7 Å². The van der Waals surface area contributed by atoms with Crippen LogP contribution >= 0.6 is 39.1 Å². The van der Waals surface area contributed by atoms with Gasteiger partial charge in [-0.3, -0.25) is 0 Å². The highest BCUT2D eigenvalue weighted by Gasteiger charge is 2.43. The van der Waals surface area contributed by atoms with Crippen LogP contribution in [0, 0.1) is 29.6 Å². The van der Waals surface area contributed by atoms with Crippen LogP contribution in [0.1, 0.15) is 58.2 Å². The quantitative estimate of drug-likeness (QED) is 0.110. The molecule has 2 N–H and O–H groups in total. The van der Waals surface area contributed by atoms with E-state index in [9.17, 15) is 0 Å². The largest absolute Gasteiger partial charge is 0.481 e. The lowest BCUT2D eigenvalue weighted by Gasteiger charge is -2.39. The first-order valence-electron chi connectivity index (χ1n) is 23.3.